The van der Waals surface area contributed by atoms with Crippen molar-refractivity contribution in [2.45, 2.75) is 45.8 Å². The smallest absolute Gasteiger partial charge is 0.399 e. The quantitative estimate of drug-likeness (QED) is 0.0966. The van der Waals surface area contributed by atoms with E-state index in [9.17, 15) is 17.6 Å². The van der Waals surface area contributed by atoms with Crippen molar-refractivity contribution in [2.75, 3.05) is 5.73 Å². The van der Waals surface area contributed by atoms with Crippen molar-refractivity contribution < 1.29 is 26.9 Å². The van der Waals surface area contributed by atoms with Gasteiger partial charge in [-0.2, -0.15) is 15.3 Å². The first-order valence-electron chi connectivity index (χ1n) is 16.0. The lowest BCUT2D eigenvalue weighted by Gasteiger charge is -2.32. The van der Waals surface area contributed by atoms with Gasteiger partial charge in [-0.15, -0.1) is 0 Å². The normalized spacial score (nSPS) is 14.4. The van der Waals surface area contributed by atoms with Crippen LogP contribution in [0.3, 0.4) is 0 Å². The zero-order valence-electron chi connectivity index (χ0n) is 29.7. The van der Waals surface area contributed by atoms with Crippen molar-refractivity contribution in [1.82, 2.24) is 29.8 Å². The van der Waals surface area contributed by atoms with Crippen LogP contribution in [0.5, 0.6) is 0 Å². The summed E-state index contributed by atoms with van der Waals surface area (Å²) in [6.07, 6.45) is 5.07. The van der Waals surface area contributed by atoms with Crippen molar-refractivity contribution in [3.05, 3.63) is 109 Å². The number of benzene rings is 4. The Morgan fingerprint density at radius 2 is 1.13 bits per heavy atom. The molecule has 7 aromatic rings. The Labute approximate surface area is 328 Å². The number of hydrogen-bond acceptors (Lipinski definition) is 6. The molecule has 17 heteroatoms. The van der Waals surface area contributed by atoms with Crippen LogP contribution in [0.25, 0.3) is 32.7 Å². The Morgan fingerprint density at radius 1 is 0.660 bits per heavy atom. The maximum atomic E-state index is 14.3. The molecule has 8 rings (SSSR count). The lowest BCUT2D eigenvalue weighted by Crippen LogP contribution is -2.41. The number of hydrogen-bond donors (Lipinski definition) is 2. The third-order valence-corrected chi connectivity index (χ3v) is 10.8. The first-order chi connectivity index (χ1) is 24.8. The maximum Gasteiger partial charge on any atom is 0.497 e. The van der Waals surface area contributed by atoms with Gasteiger partial charge in [0.15, 0.2) is 0 Å². The number of nitrogen functional groups attached to an aromatic ring is 1. The molecule has 9 nitrogen and oxygen atoms in total. The predicted molar refractivity (Wildman–Crippen MR) is 212 cm³/mol. The van der Waals surface area contributed by atoms with E-state index in [2.05, 4.69) is 68.2 Å². The largest absolute Gasteiger partial charge is 0.497 e. The van der Waals surface area contributed by atoms with E-state index in [0.29, 0.717) is 30.1 Å². The number of nitrogens with one attached hydrogen (secondary N) is 1. The second-order valence-electron chi connectivity index (χ2n) is 13.2. The van der Waals surface area contributed by atoms with Crippen LogP contribution in [0.15, 0.2) is 80.5 Å². The molecule has 1 aliphatic rings. The van der Waals surface area contributed by atoms with Crippen molar-refractivity contribution in [3.63, 3.8) is 0 Å². The zero-order chi connectivity index (χ0) is 39.0. The summed E-state index contributed by atoms with van der Waals surface area (Å²) in [4.78, 5) is 0. The van der Waals surface area contributed by atoms with Crippen molar-refractivity contribution in [3.8, 4) is 0 Å². The fourth-order valence-corrected chi connectivity index (χ4v) is 6.27. The Kier molecular flexibility index (Phi) is 12.1. The fraction of sp³-hybridized carbons (Fsp3) is 0.250. The maximum absolute atomic E-state index is 14.3. The number of H-pyrrole nitrogens is 1. The van der Waals surface area contributed by atoms with Gasteiger partial charge in [0.25, 0.3) is 0 Å². The number of halogens is 7. The summed E-state index contributed by atoms with van der Waals surface area (Å²) in [5.41, 5.74) is 8.53. The van der Waals surface area contributed by atoms with Gasteiger partial charge in [0, 0.05) is 53.5 Å². The topological polar surface area (TPSA) is 109 Å². The van der Waals surface area contributed by atoms with E-state index in [1.165, 1.54) is 24.3 Å². The Morgan fingerprint density at radius 3 is 1.70 bits per heavy atom. The second kappa shape index (κ2) is 15.9. The summed E-state index contributed by atoms with van der Waals surface area (Å²) in [6, 6.07) is 12.5. The van der Waals surface area contributed by atoms with Gasteiger partial charge < -0.3 is 15.0 Å². The summed E-state index contributed by atoms with van der Waals surface area (Å²) < 4.78 is 69.3. The summed E-state index contributed by atoms with van der Waals surface area (Å²) in [5.74, 6) is -1.18. The summed E-state index contributed by atoms with van der Waals surface area (Å²) in [6.45, 7) is 9.64. The molecule has 0 bridgehead atoms. The Hall–Kier alpha value is -3.77. The molecule has 0 aliphatic carbocycles. The molecule has 4 aromatic carbocycles. The number of rotatable bonds is 1. The molecule has 0 unspecified atom stereocenters. The van der Waals surface area contributed by atoms with Gasteiger partial charge in [0.1, 0.15) is 23.3 Å². The van der Waals surface area contributed by atoms with Crippen molar-refractivity contribution >= 4 is 98.8 Å². The van der Waals surface area contributed by atoms with Crippen LogP contribution in [0.4, 0.5) is 23.2 Å². The molecular weight excluding hydrogens is 889 g/mol. The molecule has 1 fully saturated rings. The number of aryl methyl sites for hydroxylation is 3. The first kappa shape index (κ1) is 40.4. The standard InChI is InChI=1S/C14H18BFN2O2.C8H6BrFN2.C7H4BrFN2.C7H7BrFN/c1-13(2)14(3,4)20-15(19-13)10-6-9-8-17-18(5)12(9)7-11(10)16;1-12-8-3-7(10)6(9)2-5(8)4-11-12;8-5-1-4-3-10-11-7(4)2-6(5)9;1-4-2-5(8)6(9)3-7(4)10/h6-8H,1-5H3;2-4H,1H3;1-3H,(H,10,11);2-3H,10H2,1H3. The molecule has 278 valence electrons. The van der Waals surface area contributed by atoms with Crippen LogP contribution in [-0.4, -0.2) is 48.1 Å². The molecule has 0 spiro atoms. The predicted octanol–water partition coefficient (Wildman–Crippen LogP) is 9.43. The highest BCUT2D eigenvalue weighted by Crippen LogP contribution is 2.37. The summed E-state index contributed by atoms with van der Waals surface area (Å²) in [5, 5.41) is 17.3. The van der Waals surface area contributed by atoms with Crippen LogP contribution in [0.1, 0.15) is 33.3 Å². The van der Waals surface area contributed by atoms with E-state index >= 15 is 0 Å². The Bertz CT molecular complexity index is 2330. The van der Waals surface area contributed by atoms with Crippen LogP contribution >= 0.6 is 47.8 Å². The number of aromatic amines is 1. The average Bonchev–Trinajstić information content (AvgIpc) is 3.83. The second-order valence-corrected chi connectivity index (χ2v) is 15.8. The molecule has 3 N–H and O–H groups in total. The van der Waals surface area contributed by atoms with Crippen molar-refractivity contribution in [1.29, 1.82) is 0 Å². The Balaban J connectivity index is 0.000000143. The zero-order valence-corrected chi connectivity index (χ0v) is 34.5. The van der Waals surface area contributed by atoms with E-state index in [1.807, 2.05) is 34.6 Å². The number of nitrogens with zero attached hydrogens (tertiary/aromatic N) is 5. The van der Waals surface area contributed by atoms with Gasteiger partial charge in [-0.3, -0.25) is 14.5 Å². The number of nitrogens with two attached hydrogens (primary N) is 1. The molecule has 0 atom stereocenters. The third kappa shape index (κ3) is 8.97. The van der Waals surface area contributed by atoms with E-state index in [1.54, 1.807) is 66.3 Å². The minimum absolute atomic E-state index is 0.258. The SMILES string of the molecule is Cc1cc(Br)c(F)cc1N.Cn1ncc2cc(B3OC(C)(C)C(C)(C)O3)c(F)cc21.Cn1ncc2cc(Br)c(F)cc21.Fc1cc2[nH]ncc2cc1Br. The molecule has 53 heavy (non-hydrogen) atoms. The number of fused-ring (bicyclic) bond motifs is 3. The molecule has 4 heterocycles. The minimum atomic E-state index is -0.690. The third-order valence-electron chi connectivity index (χ3n) is 8.95. The monoisotopic (exact) mass is 921 g/mol. The molecule has 1 aliphatic heterocycles. The average molecular weight is 924 g/mol. The van der Waals surface area contributed by atoms with Crippen molar-refractivity contribution in [2.24, 2.45) is 14.1 Å². The van der Waals surface area contributed by atoms with Gasteiger partial charge in [-0.25, -0.2) is 17.6 Å². The molecule has 3 aromatic heterocycles. The lowest BCUT2D eigenvalue weighted by molar-refractivity contribution is 0.00578. The molecule has 0 amide bonds. The highest BCUT2D eigenvalue weighted by atomic mass is 79.9. The van der Waals surface area contributed by atoms with E-state index in [4.69, 9.17) is 15.0 Å². The van der Waals surface area contributed by atoms with E-state index in [0.717, 1.165) is 32.8 Å². The molecular formula is C36H35BBr3F4N7O2. The number of anilines is 1. The molecule has 0 saturated carbocycles. The van der Waals surface area contributed by atoms with Crippen LogP contribution < -0.4 is 11.2 Å². The van der Waals surface area contributed by atoms with Gasteiger partial charge in [-0.1, -0.05) is 0 Å². The lowest BCUT2D eigenvalue weighted by atomic mass is 9.78. The van der Waals surface area contributed by atoms with E-state index in [-0.39, 0.29) is 23.3 Å². The highest BCUT2D eigenvalue weighted by molar-refractivity contribution is 9.11. The molecule has 1 saturated heterocycles. The fourth-order valence-electron chi connectivity index (χ4n) is 5.09. The van der Waals surface area contributed by atoms with E-state index < -0.39 is 18.3 Å². The first-order valence-corrected chi connectivity index (χ1v) is 18.4. The summed E-state index contributed by atoms with van der Waals surface area (Å²) in [7, 11) is 2.89. The highest BCUT2D eigenvalue weighted by Gasteiger charge is 2.52. The van der Waals surface area contributed by atoms with Gasteiger partial charge in [-0.05, 0) is 124 Å². The molecule has 0 radical (unpaired) electrons. The van der Waals surface area contributed by atoms with Gasteiger partial charge >= 0.3 is 7.12 Å². The number of aromatic nitrogens is 6. The van der Waals surface area contributed by atoms with Gasteiger partial charge in [0.2, 0.25) is 0 Å². The van der Waals surface area contributed by atoms with Crippen LogP contribution in [0, 0.1) is 30.2 Å². The van der Waals surface area contributed by atoms with Gasteiger partial charge in [0.05, 0.1) is 59.8 Å². The van der Waals surface area contributed by atoms with Crippen LogP contribution in [0.2, 0.25) is 0 Å². The summed E-state index contributed by atoms with van der Waals surface area (Å²) >= 11 is 9.25. The minimum Gasteiger partial charge on any atom is -0.399 e. The van der Waals surface area contributed by atoms with Crippen LogP contribution in [-0.2, 0) is 23.4 Å².